The van der Waals surface area contributed by atoms with Gasteiger partial charge in [0.05, 0.1) is 11.5 Å². The third-order valence-electron chi connectivity index (χ3n) is 3.53. The molecule has 1 unspecified atom stereocenters. The van der Waals surface area contributed by atoms with E-state index < -0.39 is 16.8 Å². The van der Waals surface area contributed by atoms with Gasteiger partial charge in [0.25, 0.3) is 0 Å². The number of nitrogens with two attached hydrogens (primary N) is 1. The molecule has 0 saturated heterocycles. The number of aromatic nitrogens is 3. The predicted octanol–water partition coefficient (Wildman–Crippen LogP) is 1.53. The number of nitrogen functional groups attached to an aromatic ring is 1. The Bertz CT molecular complexity index is 937. The Morgan fingerprint density at radius 1 is 1.12 bits per heavy atom. The Kier molecular flexibility index (Phi) is 5.61. The van der Waals surface area contributed by atoms with Gasteiger partial charge in [-0.25, -0.2) is 23.3 Å². The van der Waals surface area contributed by atoms with Gasteiger partial charge in [-0.15, -0.1) is 0 Å². The van der Waals surface area contributed by atoms with Crippen molar-refractivity contribution in [3.8, 4) is 22.4 Å². The molecule has 2 aromatic heterocycles. The van der Waals surface area contributed by atoms with Crippen LogP contribution in [0.15, 0.2) is 53.8 Å². The van der Waals surface area contributed by atoms with Crippen LogP contribution in [0.1, 0.15) is 0 Å². The Morgan fingerprint density at radius 3 is 2.50 bits per heavy atom. The van der Waals surface area contributed by atoms with Crippen LogP contribution >= 0.6 is 0 Å². The number of nitrogens with zero attached hydrogens (tertiary/aromatic N) is 3. The van der Waals surface area contributed by atoms with Crippen LogP contribution in [0.5, 0.6) is 0 Å². The first-order chi connectivity index (χ1) is 12.6. The van der Waals surface area contributed by atoms with Gasteiger partial charge in [0.2, 0.25) is 5.95 Å². The van der Waals surface area contributed by atoms with Gasteiger partial charge >= 0.3 is 0 Å². The van der Waals surface area contributed by atoms with E-state index in [1.54, 1.807) is 24.3 Å². The third-order valence-corrected chi connectivity index (χ3v) is 4.75. The van der Waals surface area contributed by atoms with E-state index in [4.69, 9.17) is 10.8 Å². The van der Waals surface area contributed by atoms with E-state index >= 15 is 0 Å². The van der Waals surface area contributed by atoms with Crippen LogP contribution in [0.25, 0.3) is 22.4 Å². The van der Waals surface area contributed by atoms with E-state index in [2.05, 4.69) is 19.7 Å². The van der Waals surface area contributed by atoms with Crippen molar-refractivity contribution in [1.82, 2.24) is 19.7 Å². The number of pyridine rings is 1. The summed E-state index contributed by atoms with van der Waals surface area (Å²) in [5.41, 5.74) is 7.02. The number of anilines is 1. The zero-order valence-electron chi connectivity index (χ0n) is 13.6. The fourth-order valence-electron chi connectivity index (χ4n) is 2.34. The first kappa shape index (κ1) is 18.1. The van der Waals surface area contributed by atoms with Crippen molar-refractivity contribution in [2.24, 2.45) is 0 Å². The van der Waals surface area contributed by atoms with Gasteiger partial charge in [-0.1, -0.05) is 18.2 Å². The minimum absolute atomic E-state index is 0.0950. The lowest BCUT2D eigenvalue weighted by molar-refractivity contribution is 0.302. The lowest BCUT2D eigenvalue weighted by Gasteiger charge is -2.11. The van der Waals surface area contributed by atoms with Crippen molar-refractivity contribution < 1.29 is 13.7 Å². The number of nitrogens with one attached hydrogen (secondary N) is 1. The number of benzene rings is 1. The standard InChI is InChI=1S/C17H16FN5O2S/c18-14-7-11(8-20-16(14)12-9-21-17(19)22-10-12)13-3-1-2-4-15(13)26(25)23-5-6-24/h1-4,7-10,23-24H,5-6H2,(H2,19,21,22). The van der Waals surface area contributed by atoms with Gasteiger partial charge in [0.1, 0.15) is 22.5 Å². The summed E-state index contributed by atoms with van der Waals surface area (Å²) in [6, 6.07) is 8.23. The zero-order chi connectivity index (χ0) is 18.5. The molecule has 9 heteroatoms. The van der Waals surface area contributed by atoms with Crippen LogP contribution in [0.2, 0.25) is 0 Å². The average Bonchev–Trinajstić information content (AvgIpc) is 2.67. The molecule has 2 heterocycles. The van der Waals surface area contributed by atoms with Crippen LogP contribution < -0.4 is 10.5 Å². The van der Waals surface area contributed by atoms with Crippen molar-refractivity contribution in [1.29, 1.82) is 0 Å². The van der Waals surface area contributed by atoms with Crippen molar-refractivity contribution in [3.05, 3.63) is 54.7 Å². The van der Waals surface area contributed by atoms with E-state index in [-0.39, 0.29) is 24.8 Å². The molecule has 1 aromatic carbocycles. The summed E-state index contributed by atoms with van der Waals surface area (Å²) in [4.78, 5) is 12.3. The molecule has 0 bridgehead atoms. The molecule has 7 nitrogen and oxygen atoms in total. The maximum absolute atomic E-state index is 14.6. The van der Waals surface area contributed by atoms with Gasteiger partial charge in [-0.05, 0) is 12.1 Å². The molecule has 0 fully saturated rings. The Hall–Kier alpha value is -2.75. The van der Waals surface area contributed by atoms with Crippen molar-refractivity contribution >= 4 is 16.9 Å². The molecule has 3 aromatic rings. The highest BCUT2D eigenvalue weighted by atomic mass is 32.2. The maximum atomic E-state index is 14.6. The highest BCUT2D eigenvalue weighted by Crippen LogP contribution is 2.28. The van der Waals surface area contributed by atoms with Crippen LogP contribution in [0.4, 0.5) is 10.3 Å². The minimum Gasteiger partial charge on any atom is -0.395 e. The van der Waals surface area contributed by atoms with E-state index in [1.807, 2.05) is 0 Å². The van der Waals surface area contributed by atoms with Crippen LogP contribution in [-0.2, 0) is 11.0 Å². The number of rotatable bonds is 6. The van der Waals surface area contributed by atoms with Gasteiger partial charge in [0, 0.05) is 41.8 Å². The molecule has 0 aliphatic carbocycles. The summed E-state index contributed by atoms with van der Waals surface area (Å²) in [5.74, 6) is -0.461. The van der Waals surface area contributed by atoms with Gasteiger partial charge in [-0.3, -0.25) is 4.98 Å². The van der Waals surface area contributed by atoms with Crippen LogP contribution in [0, 0.1) is 5.82 Å². The number of halogens is 1. The molecule has 0 aliphatic rings. The molecular formula is C17H16FN5O2S. The Labute approximate surface area is 151 Å². The van der Waals surface area contributed by atoms with Gasteiger partial charge in [0.15, 0.2) is 0 Å². The zero-order valence-corrected chi connectivity index (χ0v) is 14.4. The molecule has 3 rings (SSSR count). The lowest BCUT2D eigenvalue weighted by atomic mass is 10.1. The summed E-state index contributed by atoms with van der Waals surface area (Å²) in [6.45, 7) is 0.0477. The normalized spacial score (nSPS) is 12.1. The van der Waals surface area contributed by atoms with Crippen molar-refractivity contribution in [2.75, 3.05) is 18.9 Å². The van der Waals surface area contributed by atoms with Crippen LogP contribution in [-0.4, -0.2) is 37.4 Å². The summed E-state index contributed by atoms with van der Waals surface area (Å²) in [5, 5.41) is 8.87. The second-order valence-corrected chi connectivity index (χ2v) is 6.53. The highest BCUT2D eigenvalue weighted by Gasteiger charge is 2.14. The molecule has 0 amide bonds. The van der Waals surface area contributed by atoms with Gasteiger partial charge in [-0.2, -0.15) is 0 Å². The summed E-state index contributed by atoms with van der Waals surface area (Å²) >= 11 is 0. The second-order valence-electron chi connectivity index (χ2n) is 5.27. The Balaban J connectivity index is 1.97. The van der Waals surface area contributed by atoms with Crippen molar-refractivity contribution in [3.63, 3.8) is 0 Å². The summed E-state index contributed by atoms with van der Waals surface area (Å²) < 4.78 is 29.6. The molecular weight excluding hydrogens is 357 g/mol. The SMILES string of the molecule is Nc1ncc(-c2ncc(-c3ccccc3S(=O)NCCO)cc2F)cn1. The van der Waals surface area contributed by atoms with E-state index in [9.17, 15) is 8.60 Å². The topological polar surface area (TPSA) is 114 Å². The molecule has 0 aliphatic heterocycles. The molecule has 0 spiro atoms. The van der Waals surface area contributed by atoms with E-state index in [0.717, 1.165) is 0 Å². The van der Waals surface area contributed by atoms with E-state index in [0.29, 0.717) is 21.6 Å². The first-order valence-corrected chi connectivity index (χ1v) is 8.84. The second kappa shape index (κ2) is 8.09. The third kappa shape index (κ3) is 3.90. The summed E-state index contributed by atoms with van der Waals surface area (Å²) in [7, 11) is -1.54. The van der Waals surface area contributed by atoms with Crippen molar-refractivity contribution in [2.45, 2.75) is 4.90 Å². The minimum atomic E-state index is -1.54. The largest absolute Gasteiger partial charge is 0.395 e. The quantitative estimate of drug-likeness (QED) is 0.604. The molecule has 0 radical (unpaired) electrons. The fraction of sp³-hybridized carbons (Fsp3) is 0.118. The highest BCUT2D eigenvalue weighted by molar-refractivity contribution is 7.83. The fourth-order valence-corrected chi connectivity index (χ4v) is 3.36. The predicted molar refractivity (Wildman–Crippen MR) is 96.6 cm³/mol. The number of hydrogen-bond donors (Lipinski definition) is 3. The molecule has 134 valence electrons. The molecule has 26 heavy (non-hydrogen) atoms. The maximum Gasteiger partial charge on any atom is 0.219 e. The monoisotopic (exact) mass is 373 g/mol. The molecule has 4 N–H and O–H groups in total. The Morgan fingerprint density at radius 2 is 1.81 bits per heavy atom. The molecule has 0 saturated carbocycles. The number of aliphatic hydroxyl groups is 1. The number of aliphatic hydroxyl groups excluding tert-OH is 1. The lowest BCUT2D eigenvalue weighted by Crippen LogP contribution is -2.21. The molecule has 1 atom stereocenters. The first-order valence-electron chi connectivity index (χ1n) is 7.69. The van der Waals surface area contributed by atoms with Crippen LogP contribution in [0.3, 0.4) is 0 Å². The summed E-state index contributed by atoms with van der Waals surface area (Å²) in [6.07, 6.45) is 4.29. The van der Waals surface area contributed by atoms with Gasteiger partial charge < -0.3 is 10.8 Å². The number of hydrogen-bond acceptors (Lipinski definition) is 6. The average molecular weight is 373 g/mol. The van der Waals surface area contributed by atoms with E-state index in [1.165, 1.54) is 24.7 Å². The smallest absolute Gasteiger partial charge is 0.219 e.